The summed E-state index contributed by atoms with van der Waals surface area (Å²) in [5, 5.41) is 1.58. The van der Waals surface area contributed by atoms with Gasteiger partial charge in [-0.25, -0.2) is 8.42 Å². The predicted octanol–water partition coefficient (Wildman–Crippen LogP) is 2.37. The van der Waals surface area contributed by atoms with Crippen LogP contribution in [0.15, 0.2) is 24.3 Å². The van der Waals surface area contributed by atoms with Crippen LogP contribution in [-0.2, 0) is 15.6 Å². The van der Waals surface area contributed by atoms with E-state index in [0.717, 1.165) is 10.9 Å². The van der Waals surface area contributed by atoms with Gasteiger partial charge in [-0.1, -0.05) is 11.6 Å². The molecule has 5 heteroatoms. The van der Waals surface area contributed by atoms with Gasteiger partial charge in [-0.15, -0.1) is 0 Å². The third-order valence-corrected chi connectivity index (χ3v) is 3.13. The van der Waals surface area contributed by atoms with E-state index in [1.54, 1.807) is 12.1 Å². The van der Waals surface area contributed by atoms with E-state index in [1.165, 1.54) is 6.26 Å². The van der Waals surface area contributed by atoms with Crippen molar-refractivity contribution >= 4 is 32.3 Å². The fourth-order valence-corrected chi connectivity index (χ4v) is 2.42. The van der Waals surface area contributed by atoms with Crippen LogP contribution in [0.4, 0.5) is 0 Å². The summed E-state index contributed by atoms with van der Waals surface area (Å²) in [6, 6.07) is 7.22. The largest absolute Gasteiger partial charge is 0.358 e. The van der Waals surface area contributed by atoms with Crippen LogP contribution >= 0.6 is 11.6 Å². The lowest BCUT2D eigenvalue weighted by atomic mass is 10.2. The number of fused-ring (bicyclic) bond motifs is 1. The van der Waals surface area contributed by atoms with Crippen molar-refractivity contribution in [3.05, 3.63) is 35.0 Å². The second-order valence-corrected chi connectivity index (χ2v) is 6.17. The van der Waals surface area contributed by atoms with Crippen LogP contribution in [0.2, 0.25) is 5.02 Å². The molecule has 1 N–H and O–H groups in total. The summed E-state index contributed by atoms with van der Waals surface area (Å²) in [6.45, 7) is 0. The Morgan fingerprint density at radius 1 is 1.33 bits per heavy atom. The number of halogens is 1. The highest BCUT2D eigenvalue weighted by Gasteiger charge is 2.07. The number of hydrogen-bond donors (Lipinski definition) is 1. The molecule has 2 aromatic rings. The molecule has 3 nitrogen and oxygen atoms in total. The number of sulfone groups is 1. The van der Waals surface area contributed by atoms with E-state index in [2.05, 4.69) is 4.98 Å². The monoisotopic (exact) mass is 243 g/mol. The number of aromatic amines is 1. The van der Waals surface area contributed by atoms with E-state index < -0.39 is 9.84 Å². The molecule has 0 aliphatic heterocycles. The molecule has 1 aromatic heterocycles. The summed E-state index contributed by atoms with van der Waals surface area (Å²) in [6.07, 6.45) is 1.21. The summed E-state index contributed by atoms with van der Waals surface area (Å²) in [5.74, 6) is 0.0271. The molecule has 0 unspecified atom stereocenters. The molecule has 15 heavy (non-hydrogen) atoms. The van der Waals surface area contributed by atoms with Gasteiger partial charge in [0.2, 0.25) is 0 Å². The number of nitrogens with one attached hydrogen (secondary N) is 1. The SMILES string of the molecule is CS(=O)(=O)Cc1cc2cc(Cl)ccc2[nH]1. The summed E-state index contributed by atoms with van der Waals surface area (Å²) >= 11 is 5.83. The van der Waals surface area contributed by atoms with Gasteiger partial charge in [0.25, 0.3) is 0 Å². The maximum atomic E-state index is 11.1. The number of aromatic nitrogens is 1. The first-order valence-corrected chi connectivity index (χ1v) is 6.83. The van der Waals surface area contributed by atoms with Crippen molar-refractivity contribution in [2.45, 2.75) is 5.75 Å². The van der Waals surface area contributed by atoms with Crippen LogP contribution < -0.4 is 0 Å². The quantitative estimate of drug-likeness (QED) is 0.880. The minimum absolute atomic E-state index is 0.0271. The third-order valence-electron chi connectivity index (χ3n) is 2.06. The Hall–Kier alpha value is -1.00. The third kappa shape index (κ3) is 2.52. The molecule has 0 amide bonds. The number of H-pyrrole nitrogens is 1. The Morgan fingerprint density at radius 2 is 2.07 bits per heavy atom. The van der Waals surface area contributed by atoms with Crippen molar-refractivity contribution in [1.82, 2.24) is 4.98 Å². The molecule has 80 valence electrons. The Kier molecular flexibility index (Phi) is 2.48. The van der Waals surface area contributed by atoms with Crippen molar-refractivity contribution in [1.29, 1.82) is 0 Å². The zero-order valence-electron chi connectivity index (χ0n) is 8.12. The normalized spacial score (nSPS) is 12.1. The minimum atomic E-state index is -3.00. The van der Waals surface area contributed by atoms with E-state index in [0.29, 0.717) is 10.7 Å². The average Bonchev–Trinajstić information content (AvgIpc) is 2.42. The molecule has 1 aromatic carbocycles. The van der Waals surface area contributed by atoms with Gasteiger partial charge in [0, 0.05) is 27.9 Å². The second-order valence-electron chi connectivity index (χ2n) is 3.60. The van der Waals surface area contributed by atoms with E-state index in [-0.39, 0.29) is 5.75 Å². The van der Waals surface area contributed by atoms with E-state index >= 15 is 0 Å². The van der Waals surface area contributed by atoms with E-state index in [9.17, 15) is 8.42 Å². The van der Waals surface area contributed by atoms with Crippen LogP contribution in [0, 0.1) is 0 Å². The van der Waals surface area contributed by atoms with Crippen molar-refractivity contribution in [2.24, 2.45) is 0 Å². The Bertz CT molecular complexity index is 601. The van der Waals surface area contributed by atoms with Gasteiger partial charge in [-0.2, -0.15) is 0 Å². The zero-order valence-corrected chi connectivity index (χ0v) is 9.69. The predicted molar refractivity (Wildman–Crippen MR) is 61.9 cm³/mol. The highest BCUT2D eigenvalue weighted by Crippen LogP contribution is 2.20. The highest BCUT2D eigenvalue weighted by molar-refractivity contribution is 7.89. The lowest BCUT2D eigenvalue weighted by Crippen LogP contribution is -2.00. The van der Waals surface area contributed by atoms with Crippen molar-refractivity contribution < 1.29 is 8.42 Å². The van der Waals surface area contributed by atoms with Crippen LogP contribution in [0.3, 0.4) is 0 Å². The lowest BCUT2D eigenvalue weighted by Gasteiger charge is -1.92. The maximum absolute atomic E-state index is 11.1. The van der Waals surface area contributed by atoms with E-state index in [4.69, 9.17) is 11.6 Å². The Labute approximate surface area is 93.0 Å². The van der Waals surface area contributed by atoms with Crippen molar-refractivity contribution in [2.75, 3.05) is 6.26 Å². The molecule has 0 aliphatic carbocycles. The van der Waals surface area contributed by atoms with E-state index in [1.807, 2.05) is 12.1 Å². The van der Waals surface area contributed by atoms with Gasteiger partial charge >= 0.3 is 0 Å². The lowest BCUT2D eigenvalue weighted by molar-refractivity contribution is 0.600. The van der Waals surface area contributed by atoms with Crippen LogP contribution in [0.5, 0.6) is 0 Å². The summed E-state index contributed by atoms with van der Waals surface area (Å²) in [4.78, 5) is 3.04. The second kappa shape index (κ2) is 3.54. The topological polar surface area (TPSA) is 49.9 Å². The molecular weight excluding hydrogens is 234 g/mol. The molecule has 0 spiro atoms. The van der Waals surface area contributed by atoms with Crippen molar-refractivity contribution in [3.8, 4) is 0 Å². The molecule has 0 aliphatic rings. The van der Waals surface area contributed by atoms with Gasteiger partial charge in [0.15, 0.2) is 9.84 Å². The highest BCUT2D eigenvalue weighted by atomic mass is 35.5. The van der Waals surface area contributed by atoms with Gasteiger partial charge in [-0.3, -0.25) is 0 Å². The minimum Gasteiger partial charge on any atom is -0.358 e. The molecular formula is C10H10ClNO2S. The first-order chi connectivity index (χ1) is 6.94. The van der Waals surface area contributed by atoms with Crippen LogP contribution in [-0.4, -0.2) is 19.7 Å². The van der Waals surface area contributed by atoms with Gasteiger partial charge in [-0.05, 0) is 24.3 Å². The first kappa shape index (κ1) is 10.5. The molecule has 2 rings (SSSR count). The zero-order chi connectivity index (χ0) is 11.1. The molecule has 0 saturated heterocycles. The molecule has 1 heterocycles. The Balaban J connectivity index is 2.48. The summed E-state index contributed by atoms with van der Waals surface area (Å²) in [5.41, 5.74) is 1.59. The first-order valence-electron chi connectivity index (χ1n) is 4.39. The number of rotatable bonds is 2. The maximum Gasteiger partial charge on any atom is 0.153 e. The fourth-order valence-electron chi connectivity index (χ4n) is 1.52. The van der Waals surface area contributed by atoms with Gasteiger partial charge < -0.3 is 4.98 Å². The molecule has 0 fully saturated rings. The standard InChI is InChI=1S/C10H10ClNO2S/c1-15(13,14)6-9-5-7-4-8(11)2-3-10(7)12-9/h2-5,12H,6H2,1H3. The number of hydrogen-bond acceptors (Lipinski definition) is 2. The number of benzene rings is 1. The van der Waals surface area contributed by atoms with Gasteiger partial charge in [0.05, 0.1) is 5.75 Å². The molecule has 0 saturated carbocycles. The van der Waals surface area contributed by atoms with Crippen LogP contribution in [0.25, 0.3) is 10.9 Å². The average molecular weight is 244 g/mol. The smallest absolute Gasteiger partial charge is 0.153 e. The van der Waals surface area contributed by atoms with Crippen LogP contribution in [0.1, 0.15) is 5.69 Å². The summed E-state index contributed by atoms with van der Waals surface area (Å²) < 4.78 is 22.2. The van der Waals surface area contributed by atoms with Crippen molar-refractivity contribution in [3.63, 3.8) is 0 Å². The van der Waals surface area contributed by atoms with Gasteiger partial charge in [0.1, 0.15) is 0 Å². The molecule has 0 atom stereocenters. The molecule has 0 radical (unpaired) electrons. The summed E-state index contributed by atoms with van der Waals surface area (Å²) in [7, 11) is -3.00. The fraction of sp³-hybridized carbons (Fsp3) is 0.200. The molecule has 0 bridgehead atoms. The Morgan fingerprint density at radius 3 is 2.73 bits per heavy atom.